The molecule has 146 valence electrons. The first kappa shape index (κ1) is 19.6. The number of benzene rings is 1. The van der Waals surface area contributed by atoms with Crippen molar-refractivity contribution in [1.29, 1.82) is 0 Å². The Morgan fingerprint density at radius 3 is 2.63 bits per heavy atom. The van der Waals surface area contributed by atoms with Gasteiger partial charge in [0.2, 0.25) is 5.91 Å². The maximum absolute atomic E-state index is 11.4. The van der Waals surface area contributed by atoms with E-state index in [1.54, 1.807) is 6.92 Å². The number of fused-ring (bicyclic) bond motifs is 1. The molecule has 0 radical (unpaired) electrons. The fraction of sp³-hybridized carbons (Fsp3) is 0.526. The van der Waals surface area contributed by atoms with Gasteiger partial charge in [-0.05, 0) is 13.8 Å². The Morgan fingerprint density at radius 1 is 1.22 bits per heavy atom. The van der Waals surface area contributed by atoms with Gasteiger partial charge in [-0.3, -0.25) is 9.69 Å². The summed E-state index contributed by atoms with van der Waals surface area (Å²) in [5.74, 6) is 1.45. The molecule has 0 spiro atoms. The first-order valence-electron chi connectivity index (χ1n) is 9.15. The van der Waals surface area contributed by atoms with Gasteiger partial charge in [0, 0.05) is 51.8 Å². The van der Waals surface area contributed by atoms with Gasteiger partial charge in [0.15, 0.2) is 0 Å². The van der Waals surface area contributed by atoms with E-state index in [2.05, 4.69) is 14.9 Å². The summed E-state index contributed by atoms with van der Waals surface area (Å²) < 4.78 is 11.8. The molecule has 0 aliphatic carbocycles. The lowest BCUT2D eigenvalue weighted by atomic mass is 10.2. The van der Waals surface area contributed by atoms with Crippen LogP contribution in [0, 0.1) is 0 Å². The van der Waals surface area contributed by atoms with Crippen molar-refractivity contribution in [3.8, 4) is 11.5 Å². The summed E-state index contributed by atoms with van der Waals surface area (Å²) >= 11 is 6.23. The molecule has 1 aliphatic rings. The van der Waals surface area contributed by atoms with Gasteiger partial charge in [-0.25, -0.2) is 9.97 Å². The zero-order valence-corrected chi connectivity index (χ0v) is 16.7. The molecule has 3 rings (SSSR count). The fourth-order valence-electron chi connectivity index (χ4n) is 3.10. The molecule has 0 unspecified atom stereocenters. The van der Waals surface area contributed by atoms with Gasteiger partial charge in [-0.1, -0.05) is 11.6 Å². The van der Waals surface area contributed by atoms with Crippen molar-refractivity contribution >= 4 is 28.4 Å². The quantitative estimate of drug-likeness (QED) is 0.704. The number of nitrogens with zero attached hydrogens (tertiary/aromatic N) is 4. The van der Waals surface area contributed by atoms with Crippen molar-refractivity contribution in [2.75, 3.05) is 39.3 Å². The van der Waals surface area contributed by atoms with E-state index in [9.17, 15) is 4.79 Å². The van der Waals surface area contributed by atoms with Crippen LogP contribution in [0.15, 0.2) is 18.5 Å². The van der Waals surface area contributed by atoms with E-state index in [-0.39, 0.29) is 12.0 Å². The molecule has 8 heteroatoms. The van der Waals surface area contributed by atoms with Crippen molar-refractivity contribution in [2.24, 2.45) is 0 Å². The lowest BCUT2D eigenvalue weighted by molar-refractivity contribution is -0.130. The van der Waals surface area contributed by atoms with Crippen molar-refractivity contribution < 1.29 is 14.3 Å². The summed E-state index contributed by atoms with van der Waals surface area (Å²) in [7, 11) is 0. The minimum absolute atomic E-state index is 0.00251. The van der Waals surface area contributed by atoms with Crippen LogP contribution in [0.5, 0.6) is 11.5 Å². The van der Waals surface area contributed by atoms with E-state index in [0.717, 1.165) is 32.7 Å². The molecular formula is C19H25ClN4O3. The van der Waals surface area contributed by atoms with Gasteiger partial charge in [0.25, 0.3) is 0 Å². The molecule has 2 heterocycles. The molecule has 27 heavy (non-hydrogen) atoms. The summed E-state index contributed by atoms with van der Waals surface area (Å²) in [5, 5.41) is 1.06. The maximum atomic E-state index is 11.4. The second kappa shape index (κ2) is 8.71. The molecule has 7 nitrogen and oxygen atoms in total. The highest BCUT2D eigenvalue weighted by Gasteiger charge is 2.18. The Morgan fingerprint density at radius 2 is 1.96 bits per heavy atom. The van der Waals surface area contributed by atoms with Crippen LogP contribution in [-0.4, -0.2) is 71.1 Å². The number of halogens is 1. The third-order valence-electron chi connectivity index (χ3n) is 4.49. The van der Waals surface area contributed by atoms with Crippen molar-refractivity contribution in [3.63, 3.8) is 0 Å². The lowest BCUT2D eigenvalue weighted by Crippen LogP contribution is -2.48. The van der Waals surface area contributed by atoms with Crippen LogP contribution in [0.2, 0.25) is 5.15 Å². The number of carbonyl (C=O) groups excluding carboxylic acids is 1. The molecule has 0 N–H and O–H groups in total. The highest BCUT2D eigenvalue weighted by molar-refractivity contribution is 6.34. The van der Waals surface area contributed by atoms with Crippen LogP contribution >= 0.6 is 11.6 Å². The molecule has 1 aliphatic heterocycles. The number of carbonyl (C=O) groups is 1. The summed E-state index contributed by atoms with van der Waals surface area (Å²) in [6.45, 7) is 10.2. The van der Waals surface area contributed by atoms with Crippen LogP contribution in [0.1, 0.15) is 20.8 Å². The van der Waals surface area contributed by atoms with Crippen LogP contribution < -0.4 is 9.47 Å². The Bertz CT molecular complexity index is 807. The summed E-state index contributed by atoms with van der Waals surface area (Å²) in [5.41, 5.74) is 0.693. The molecule has 0 atom stereocenters. The second-order valence-electron chi connectivity index (χ2n) is 6.84. The zero-order chi connectivity index (χ0) is 19.4. The predicted molar refractivity (Wildman–Crippen MR) is 105 cm³/mol. The smallest absolute Gasteiger partial charge is 0.219 e. The topological polar surface area (TPSA) is 67.8 Å². The highest BCUT2D eigenvalue weighted by atomic mass is 35.5. The molecule has 1 aromatic heterocycles. The van der Waals surface area contributed by atoms with Crippen LogP contribution in [0.25, 0.3) is 10.9 Å². The van der Waals surface area contributed by atoms with Crippen molar-refractivity contribution in [2.45, 2.75) is 26.9 Å². The van der Waals surface area contributed by atoms with Crippen LogP contribution in [-0.2, 0) is 4.79 Å². The Labute approximate surface area is 164 Å². The summed E-state index contributed by atoms with van der Waals surface area (Å²) in [4.78, 5) is 23.9. The number of ether oxygens (including phenoxy) is 2. The third kappa shape index (κ3) is 4.99. The SMILES string of the molecule is CC(=O)N1CCN(CCOc2cc(OC(C)C)c3c(Cl)ncnc3c2)CC1. The fourth-order valence-corrected chi connectivity index (χ4v) is 3.33. The highest BCUT2D eigenvalue weighted by Crippen LogP contribution is 2.34. The molecule has 1 fully saturated rings. The van der Waals surface area contributed by atoms with Gasteiger partial charge in [-0.15, -0.1) is 0 Å². The number of aromatic nitrogens is 2. The zero-order valence-electron chi connectivity index (χ0n) is 15.9. The molecule has 0 bridgehead atoms. The summed E-state index contributed by atoms with van der Waals surface area (Å²) in [6, 6.07) is 3.69. The second-order valence-corrected chi connectivity index (χ2v) is 7.20. The Balaban J connectivity index is 1.64. The molecule has 2 aromatic rings. The standard InChI is InChI=1S/C19H25ClN4O3/c1-13(2)27-17-11-15(10-16-18(17)19(20)22-12-21-16)26-9-8-23-4-6-24(7-5-23)14(3)25/h10-13H,4-9H2,1-3H3. The number of hydrogen-bond acceptors (Lipinski definition) is 6. The largest absolute Gasteiger partial charge is 0.492 e. The van der Waals surface area contributed by atoms with E-state index in [1.807, 2.05) is 30.9 Å². The van der Waals surface area contributed by atoms with E-state index in [4.69, 9.17) is 21.1 Å². The third-order valence-corrected chi connectivity index (χ3v) is 4.77. The number of rotatable bonds is 6. The van der Waals surface area contributed by atoms with Gasteiger partial charge in [0.1, 0.15) is 29.6 Å². The van der Waals surface area contributed by atoms with Crippen LogP contribution in [0.4, 0.5) is 0 Å². The molecule has 0 saturated carbocycles. The number of hydrogen-bond donors (Lipinski definition) is 0. The van der Waals surface area contributed by atoms with Crippen molar-refractivity contribution in [1.82, 2.24) is 19.8 Å². The minimum atomic E-state index is -0.00251. The molecule has 1 amide bonds. The first-order valence-corrected chi connectivity index (χ1v) is 9.53. The Kier molecular flexibility index (Phi) is 6.34. The summed E-state index contributed by atoms with van der Waals surface area (Å²) in [6.07, 6.45) is 1.43. The molecule has 1 saturated heterocycles. The van der Waals surface area contributed by atoms with E-state index >= 15 is 0 Å². The molecule has 1 aromatic carbocycles. The van der Waals surface area contributed by atoms with Gasteiger partial charge >= 0.3 is 0 Å². The molecular weight excluding hydrogens is 368 g/mol. The van der Waals surface area contributed by atoms with Gasteiger partial charge in [0.05, 0.1) is 17.0 Å². The predicted octanol–water partition coefficient (Wildman–Crippen LogP) is 2.61. The Hall–Kier alpha value is -2.12. The van der Waals surface area contributed by atoms with Crippen molar-refractivity contribution in [3.05, 3.63) is 23.6 Å². The maximum Gasteiger partial charge on any atom is 0.219 e. The monoisotopic (exact) mass is 392 g/mol. The average molecular weight is 393 g/mol. The normalized spacial score (nSPS) is 15.4. The number of piperazine rings is 1. The van der Waals surface area contributed by atoms with E-state index < -0.39 is 0 Å². The van der Waals surface area contributed by atoms with Gasteiger partial charge < -0.3 is 14.4 Å². The van der Waals surface area contributed by atoms with Crippen LogP contribution in [0.3, 0.4) is 0 Å². The first-order chi connectivity index (χ1) is 12.9. The number of amides is 1. The van der Waals surface area contributed by atoms with Gasteiger partial charge in [-0.2, -0.15) is 0 Å². The van der Waals surface area contributed by atoms with E-state index in [0.29, 0.717) is 34.2 Å². The lowest BCUT2D eigenvalue weighted by Gasteiger charge is -2.34. The van der Waals surface area contributed by atoms with E-state index in [1.165, 1.54) is 6.33 Å². The minimum Gasteiger partial charge on any atom is -0.492 e. The average Bonchev–Trinajstić information content (AvgIpc) is 2.61.